The van der Waals surface area contributed by atoms with Crippen LogP contribution >= 0.6 is 0 Å². The Morgan fingerprint density at radius 1 is 1.41 bits per heavy atom. The summed E-state index contributed by atoms with van der Waals surface area (Å²) in [6, 6.07) is 5.75. The fourth-order valence-electron chi connectivity index (χ4n) is 2.64. The van der Waals surface area contributed by atoms with Crippen LogP contribution in [0.1, 0.15) is 5.56 Å². The molecule has 0 saturated heterocycles. The molecule has 0 fully saturated rings. The molecule has 2 aromatic heterocycles. The van der Waals surface area contributed by atoms with Gasteiger partial charge in [0.1, 0.15) is 12.0 Å². The van der Waals surface area contributed by atoms with E-state index in [9.17, 15) is 19.1 Å². The number of nitrogens with one attached hydrogen (secondary N) is 2. The number of hydrogen-bond acceptors (Lipinski definition) is 6. The third kappa shape index (κ3) is 3.96. The Labute approximate surface area is 152 Å². The van der Waals surface area contributed by atoms with Crippen LogP contribution in [0.4, 0.5) is 4.39 Å². The molecule has 1 atom stereocenters. The Bertz CT molecular complexity index is 1100. The number of H-pyrrole nitrogens is 1. The maximum Gasteiger partial charge on any atom is 0.329 e. The normalized spacial score (nSPS) is 13.2. The number of hydrogen-bond donors (Lipinski definition) is 4. The van der Waals surface area contributed by atoms with Crippen molar-refractivity contribution in [3.05, 3.63) is 68.9 Å². The van der Waals surface area contributed by atoms with Crippen molar-refractivity contribution >= 4 is 16.9 Å². The lowest BCUT2D eigenvalue weighted by molar-refractivity contribution is 0.123. The topological polar surface area (TPSA) is 131 Å². The molecule has 9 nitrogen and oxygen atoms in total. The van der Waals surface area contributed by atoms with E-state index in [2.05, 4.69) is 15.3 Å². The van der Waals surface area contributed by atoms with Gasteiger partial charge in [0, 0.05) is 19.3 Å². The van der Waals surface area contributed by atoms with E-state index in [1.807, 2.05) is 0 Å². The van der Waals surface area contributed by atoms with Gasteiger partial charge in [0.15, 0.2) is 11.2 Å². The second kappa shape index (κ2) is 7.56. The SMILES string of the molecule is Cn1c(=O)[nH]c(=O)c2c1ncn2CC(O)NC/C=C(\N)c1ccc(F)cc1. The molecule has 142 valence electrons. The van der Waals surface area contributed by atoms with Gasteiger partial charge in [0.25, 0.3) is 5.56 Å². The van der Waals surface area contributed by atoms with Crippen molar-refractivity contribution < 1.29 is 9.50 Å². The van der Waals surface area contributed by atoms with Crippen LogP contribution in [0.3, 0.4) is 0 Å². The van der Waals surface area contributed by atoms with Gasteiger partial charge in [-0.1, -0.05) is 12.1 Å². The van der Waals surface area contributed by atoms with Gasteiger partial charge in [-0.05, 0) is 23.8 Å². The van der Waals surface area contributed by atoms with Crippen molar-refractivity contribution in [2.75, 3.05) is 6.54 Å². The first kappa shape index (κ1) is 18.5. The third-order valence-corrected chi connectivity index (χ3v) is 4.10. The highest BCUT2D eigenvalue weighted by Gasteiger charge is 2.13. The number of halogens is 1. The molecule has 10 heteroatoms. The van der Waals surface area contributed by atoms with Crippen molar-refractivity contribution in [2.45, 2.75) is 12.8 Å². The highest BCUT2D eigenvalue weighted by atomic mass is 19.1. The quantitative estimate of drug-likeness (QED) is 0.429. The molecule has 0 aliphatic carbocycles. The zero-order valence-corrected chi connectivity index (χ0v) is 14.5. The molecule has 0 saturated carbocycles. The first-order valence-electron chi connectivity index (χ1n) is 8.14. The number of aromatic amines is 1. The van der Waals surface area contributed by atoms with Gasteiger partial charge in [0.05, 0.1) is 12.9 Å². The van der Waals surface area contributed by atoms with E-state index in [1.54, 1.807) is 18.2 Å². The minimum atomic E-state index is -0.990. The van der Waals surface area contributed by atoms with Crippen LogP contribution in [0.2, 0.25) is 0 Å². The van der Waals surface area contributed by atoms with Gasteiger partial charge in [-0.25, -0.2) is 14.2 Å². The summed E-state index contributed by atoms with van der Waals surface area (Å²) in [4.78, 5) is 29.8. The van der Waals surface area contributed by atoms with Gasteiger partial charge < -0.3 is 15.4 Å². The van der Waals surface area contributed by atoms with Crippen molar-refractivity contribution in [2.24, 2.45) is 12.8 Å². The molecule has 0 aliphatic heterocycles. The number of aromatic nitrogens is 4. The summed E-state index contributed by atoms with van der Waals surface area (Å²) in [5.74, 6) is -0.347. The smallest absolute Gasteiger partial charge is 0.329 e. The van der Waals surface area contributed by atoms with Crippen LogP contribution in [0.5, 0.6) is 0 Å². The Morgan fingerprint density at radius 2 is 2.11 bits per heavy atom. The van der Waals surface area contributed by atoms with Crippen LogP contribution in [0.15, 0.2) is 46.3 Å². The molecule has 1 aromatic carbocycles. The number of benzene rings is 1. The molecule has 27 heavy (non-hydrogen) atoms. The summed E-state index contributed by atoms with van der Waals surface area (Å²) in [7, 11) is 1.50. The Kier molecular flexibility index (Phi) is 5.19. The van der Waals surface area contributed by atoms with Crippen molar-refractivity contribution in [3.8, 4) is 0 Å². The van der Waals surface area contributed by atoms with Gasteiger partial charge in [-0.3, -0.25) is 19.7 Å². The fraction of sp³-hybridized carbons (Fsp3) is 0.235. The van der Waals surface area contributed by atoms with Crippen LogP contribution in [-0.4, -0.2) is 37.0 Å². The minimum Gasteiger partial charge on any atom is -0.398 e. The second-order valence-corrected chi connectivity index (χ2v) is 5.98. The number of aliphatic hydroxyl groups is 1. The van der Waals surface area contributed by atoms with E-state index in [0.717, 1.165) is 0 Å². The number of nitrogens with two attached hydrogens (primary N) is 1. The van der Waals surface area contributed by atoms with E-state index in [0.29, 0.717) is 11.3 Å². The second-order valence-electron chi connectivity index (χ2n) is 5.98. The summed E-state index contributed by atoms with van der Waals surface area (Å²) in [6.07, 6.45) is 2.04. The summed E-state index contributed by atoms with van der Waals surface area (Å²) in [6.45, 7) is 0.300. The average Bonchev–Trinajstić information content (AvgIpc) is 3.04. The molecule has 0 aliphatic rings. The maximum atomic E-state index is 12.9. The lowest BCUT2D eigenvalue weighted by Crippen LogP contribution is -2.34. The van der Waals surface area contributed by atoms with Gasteiger partial charge in [0.2, 0.25) is 0 Å². The Hall–Kier alpha value is -3.24. The highest BCUT2D eigenvalue weighted by Crippen LogP contribution is 2.09. The summed E-state index contributed by atoms with van der Waals surface area (Å²) in [5.41, 5.74) is 6.32. The number of aryl methyl sites for hydroxylation is 1. The predicted molar refractivity (Wildman–Crippen MR) is 98.2 cm³/mol. The Morgan fingerprint density at radius 3 is 2.81 bits per heavy atom. The minimum absolute atomic E-state index is 0.0437. The molecule has 0 bridgehead atoms. The molecule has 5 N–H and O–H groups in total. The number of aliphatic hydroxyl groups excluding tert-OH is 1. The standard InChI is InChI=1S/C17H19FN6O3/c1-23-15-14(16(26)22-17(23)27)24(9-21-15)8-13(25)20-7-6-12(19)10-2-4-11(18)5-3-10/h2-6,9,13,20,25H,7-8,19H2,1H3,(H,22,26,27)/b12-6-. The zero-order valence-electron chi connectivity index (χ0n) is 14.5. The molecule has 2 heterocycles. The summed E-state index contributed by atoms with van der Waals surface area (Å²) < 4.78 is 15.6. The predicted octanol–water partition coefficient (Wildman–Crippen LogP) is -0.530. The van der Waals surface area contributed by atoms with Crippen LogP contribution in [-0.2, 0) is 13.6 Å². The molecule has 0 spiro atoms. The van der Waals surface area contributed by atoms with Crippen molar-refractivity contribution in [1.82, 2.24) is 24.4 Å². The summed E-state index contributed by atoms with van der Waals surface area (Å²) >= 11 is 0. The number of imidazole rings is 1. The van der Waals surface area contributed by atoms with Crippen LogP contribution in [0.25, 0.3) is 16.9 Å². The average molecular weight is 374 g/mol. The van der Waals surface area contributed by atoms with E-state index < -0.39 is 17.5 Å². The highest BCUT2D eigenvalue weighted by molar-refractivity contribution is 5.69. The van der Waals surface area contributed by atoms with Gasteiger partial charge in [-0.15, -0.1) is 0 Å². The summed E-state index contributed by atoms with van der Waals surface area (Å²) in [5, 5.41) is 13.0. The number of rotatable bonds is 6. The third-order valence-electron chi connectivity index (χ3n) is 4.10. The van der Waals surface area contributed by atoms with E-state index >= 15 is 0 Å². The number of fused-ring (bicyclic) bond motifs is 1. The zero-order chi connectivity index (χ0) is 19.6. The van der Waals surface area contributed by atoms with Crippen LogP contribution in [0, 0.1) is 5.82 Å². The lowest BCUT2D eigenvalue weighted by Gasteiger charge is -2.13. The van der Waals surface area contributed by atoms with E-state index in [4.69, 9.17) is 5.73 Å². The van der Waals surface area contributed by atoms with Gasteiger partial charge >= 0.3 is 5.69 Å². The molecule has 1 unspecified atom stereocenters. The fourth-order valence-corrected chi connectivity index (χ4v) is 2.64. The molecular formula is C17H19FN6O3. The first-order chi connectivity index (χ1) is 12.9. The monoisotopic (exact) mass is 374 g/mol. The maximum absolute atomic E-state index is 12.9. The molecule has 0 radical (unpaired) electrons. The first-order valence-corrected chi connectivity index (χ1v) is 8.14. The largest absolute Gasteiger partial charge is 0.398 e. The van der Waals surface area contributed by atoms with Gasteiger partial charge in [-0.2, -0.15) is 0 Å². The van der Waals surface area contributed by atoms with Crippen molar-refractivity contribution in [1.29, 1.82) is 0 Å². The van der Waals surface area contributed by atoms with E-state index in [1.165, 1.54) is 34.6 Å². The number of nitrogens with zero attached hydrogens (tertiary/aromatic N) is 3. The Balaban J connectivity index is 1.67. The molecule has 0 amide bonds. The molecule has 3 rings (SSSR count). The molecule has 3 aromatic rings. The lowest BCUT2D eigenvalue weighted by atomic mass is 10.1. The molecular weight excluding hydrogens is 355 g/mol. The van der Waals surface area contributed by atoms with Crippen LogP contribution < -0.4 is 22.3 Å². The van der Waals surface area contributed by atoms with E-state index in [-0.39, 0.29) is 30.1 Å². The van der Waals surface area contributed by atoms with Crippen molar-refractivity contribution in [3.63, 3.8) is 0 Å².